The number of aromatic nitrogens is 2. The predicted octanol–water partition coefficient (Wildman–Crippen LogP) is 4.43. The fourth-order valence-electron chi connectivity index (χ4n) is 4.57. The minimum Gasteiger partial charge on any atom is -0.354 e. The lowest BCUT2D eigenvalue weighted by molar-refractivity contribution is -0.141. The van der Waals surface area contributed by atoms with Crippen LogP contribution in [0.1, 0.15) is 52.1 Å². The highest BCUT2D eigenvalue weighted by Crippen LogP contribution is 2.32. The van der Waals surface area contributed by atoms with E-state index in [1.807, 2.05) is 6.07 Å². The molecule has 10 heteroatoms. The Balaban J connectivity index is 1.30. The summed E-state index contributed by atoms with van der Waals surface area (Å²) in [6.07, 6.45) is -1.19. The van der Waals surface area contributed by atoms with Gasteiger partial charge < -0.3 is 10.6 Å². The van der Waals surface area contributed by atoms with Crippen LogP contribution < -0.4 is 10.6 Å². The molecule has 1 fully saturated rings. The molecule has 2 amide bonds. The molecule has 2 atom stereocenters. The first-order chi connectivity index (χ1) is 17.7. The fourth-order valence-corrected chi connectivity index (χ4v) is 4.57. The third-order valence-electron chi connectivity index (χ3n) is 6.43. The van der Waals surface area contributed by atoms with Crippen molar-refractivity contribution in [1.82, 2.24) is 20.4 Å². The van der Waals surface area contributed by atoms with Crippen molar-refractivity contribution in [1.29, 1.82) is 0 Å². The van der Waals surface area contributed by atoms with Crippen LogP contribution in [0.15, 0.2) is 66.9 Å². The van der Waals surface area contributed by atoms with Gasteiger partial charge in [0.1, 0.15) is 0 Å². The lowest BCUT2D eigenvalue weighted by atomic mass is 9.77. The summed E-state index contributed by atoms with van der Waals surface area (Å²) in [4.78, 5) is 38.0. The third kappa shape index (κ3) is 6.44. The summed E-state index contributed by atoms with van der Waals surface area (Å²) in [5, 5.41) is 8.72. The molecule has 1 saturated carbocycles. The van der Waals surface area contributed by atoms with Crippen LogP contribution in [-0.2, 0) is 11.0 Å². The number of amides is 2. The van der Waals surface area contributed by atoms with Gasteiger partial charge in [0.25, 0.3) is 5.91 Å². The molecule has 1 aliphatic carbocycles. The van der Waals surface area contributed by atoms with E-state index in [1.165, 1.54) is 0 Å². The van der Waals surface area contributed by atoms with Gasteiger partial charge in [-0.1, -0.05) is 55.0 Å². The zero-order valence-corrected chi connectivity index (χ0v) is 20.0. The quantitative estimate of drug-likeness (QED) is 0.345. The topological polar surface area (TPSA) is 93.1 Å². The average Bonchev–Trinajstić information content (AvgIpc) is 3.38. The van der Waals surface area contributed by atoms with Gasteiger partial charge in [-0.05, 0) is 31.4 Å². The second-order valence-corrected chi connectivity index (χ2v) is 9.01. The molecule has 7 nitrogen and oxygen atoms in total. The van der Waals surface area contributed by atoms with Crippen molar-refractivity contribution in [3.05, 3.63) is 83.7 Å². The summed E-state index contributed by atoms with van der Waals surface area (Å²) >= 11 is 0. The molecule has 0 bridgehead atoms. The van der Waals surface area contributed by atoms with Gasteiger partial charge in [0.05, 0.1) is 11.3 Å². The van der Waals surface area contributed by atoms with E-state index in [0.29, 0.717) is 24.1 Å². The van der Waals surface area contributed by atoms with Gasteiger partial charge in [0.2, 0.25) is 5.91 Å². The number of nitrogens with zero attached hydrogens (tertiary/aromatic N) is 2. The minimum atomic E-state index is -4.81. The highest BCUT2D eigenvalue weighted by atomic mass is 19.4. The van der Waals surface area contributed by atoms with Crippen LogP contribution >= 0.6 is 0 Å². The number of Topliss-reactive ketones (excluding diaryl/α,β-unsaturated/α-hetero) is 1. The Morgan fingerprint density at radius 2 is 1.51 bits per heavy atom. The van der Waals surface area contributed by atoms with Gasteiger partial charge in [0, 0.05) is 36.7 Å². The van der Waals surface area contributed by atoms with E-state index in [2.05, 4.69) is 15.7 Å². The van der Waals surface area contributed by atoms with Gasteiger partial charge in [-0.15, -0.1) is 0 Å². The highest BCUT2D eigenvalue weighted by molar-refractivity contribution is 5.98. The number of carbonyl (C=O) groups excluding carboxylic acids is 3. The summed E-state index contributed by atoms with van der Waals surface area (Å²) in [6.45, 7) is -0.00989. The zero-order chi connectivity index (χ0) is 26.4. The van der Waals surface area contributed by atoms with Crippen LogP contribution in [0, 0.1) is 11.8 Å². The number of rotatable bonds is 8. The molecule has 0 radical (unpaired) electrons. The Hall–Kier alpha value is -3.95. The van der Waals surface area contributed by atoms with E-state index in [0.717, 1.165) is 23.7 Å². The van der Waals surface area contributed by atoms with Crippen molar-refractivity contribution < 1.29 is 27.6 Å². The molecule has 2 aromatic carbocycles. The molecule has 2 N–H and O–H groups in total. The first kappa shape index (κ1) is 26.1. The van der Waals surface area contributed by atoms with Crippen LogP contribution in [-0.4, -0.2) is 40.5 Å². The Labute approximate surface area is 212 Å². The first-order valence-corrected chi connectivity index (χ1v) is 12.1. The largest absolute Gasteiger partial charge is 0.435 e. The Morgan fingerprint density at radius 1 is 0.892 bits per heavy atom. The number of hydrogen-bond donors (Lipinski definition) is 2. The summed E-state index contributed by atoms with van der Waals surface area (Å²) < 4.78 is 41.5. The summed E-state index contributed by atoms with van der Waals surface area (Å²) in [6, 6.07) is 17.2. The molecule has 0 aliphatic heterocycles. The van der Waals surface area contributed by atoms with Crippen LogP contribution in [0.2, 0.25) is 0 Å². The van der Waals surface area contributed by atoms with Gasteiger partial charge in [-0.2, -0.15) is 18.3 Å². The Bertz CT molecular complexity index is 1240. The van der Waals surface area contributed by atoms with E-state index in [9.17, 15) is 27.6 Å². The van der Waals surface area contributed by atoms with Crippen LogP contribution in [0.4, 0.5) is 13.2 Å². The number of halogens is 3. The number of nitrogens with one attached hydrogen (secondary N) is 2. The van der Waals surface area contributed by atoms with Crippen molar-refractivity contribution in [3.8, 4) is 5.69 Å². The number of ketones is 1. The van der Waals surface area contributed by atoms with Crippen molar-refractivity contribution in [2.24, 2.45) is 11.8 Å². The molecule has 4 rings (SSSR count). The van der Waals surface area contributed by atoms with E-state index >= 15 is 0 Å². The molecular weight excluding hydrogens is 485 g/mol. The van der Waals surface area contributed by atoms with Crippen LogP contribution in [0.3, 0.4) is 0 Å². The van der Waals surface area contributed by atoms with Gasteiger partial charge in [0.15, 0.2) is 11.5 Å². The van der Waals surface area contributed by atoms with E-state index in [1.54, 1.807) is 54.6 Å². The maximum atomic E-state index is 13.5. The predicted molar refractivity (Wildman–Crippen MR) is 130 cm³/mol. The Morgan fingerprint density at radius 3 is 2.19 bits per heavy atom. The Kier molecular flexibility index (Phi) is 8.05. The van der Waals surface area contributed by atoms with Crippen molar-refractivity contribution in [3.63, 3.8) is 0 Å². The monoisotopic (exact) mass is 512 g/mol. The third-order valence-corrected chi connectivity index (χ3v) is 6.43. The molecule has 0 saturated heterocycles. The van der Waals surface area contributed by atoms with Crippen molar-refractivity contribution in [2.75, 3.05) is 13.1 Å². The maximum absolute atomic E-state index is 13.5. The average molecular weight is 513 g/mol. The standard InChI is InChI=1S/C27H27F3N4O3/c28-27(29,30)24-22(17-34(33-24)21-12-5-2-6-13-21)26(37)32-15-14-31-25(36)20-11-7-10-19(16-20)23(35)18-8-3-1-4-9-18/h1-6,8-9,12-13,17,19-20H,7,10-11,14-16H2,(H,31,36)(H,32,37)/t19-,20-/m0/s1. The number of benzene rings is 2. The molecule has 0 unspecified atom stereocenters. The number of hydrogen-bond acceptors (Lipinski definition) is 4. The number of para-hydroxylation sites is 1. The molecule has 194 valence electrons. The molecular formula is C27H27F3N4O3. The second kappa shape index (κ2) is 11.4. The smallest absolute Gasteiger partial charge is 0.354 e. The summed E-state index contributed by atoms with van der Waals surface area (Å²) in [5.41, 5.74) is -0.868. The lowest BCUT2D eigenvalue weighted by Crippen LogP contribution is -2.39. The fraction of sp³-hybridized carbons (Fsp3) is 0.333. The molecule has 1 aromatic heterocycles. The van der Waals surface area contributed by atoms with Crippen molar-refractivity contribution in [2.45, 2.75) is 31.9 Å². The SMILES string of the molecule is O=C(NCCNC(=O)[C@H]1CCC[C@H](C(=O)c2ccccc2)C1)c1cn(-c2ccccc2)nc1C(F)(F)F. The number of alkyl halides is 3. The maximum Gasteiger partial charge on any atom is 0.435 e. The summed E-state index contributed by atoms with van der Waals surface area (Å²) in [7, 11) is 0. The molecule has 1 heterocycles. The molecule has 0 spiro atoms. The zero-order valence-electron chi connectivity index (χ0n) is 20.0. The van der Waals surface area contributed by atoms with E-state index in [-0.39, 0.29) is 36.6 Å². The highest BCUT2D eigenvalue weighted by Gasteiger charge is 2.39. The van der Waals surface area contributed by atoms with E-state index in [4.69, 9.17) is 0 Å². The minimum absolute atomic E-state index is 0.0295. The van der Waals surface area contributed by atoms with Gasteiger partial charge in [-0.25, -0.2) is 4.68 Å². The summed E-state index contributed by atoms with van der Waals surface area (Å²) in [5.74, 6) is -1.69. The van der Waals surface area contributed by atoms with Gasteiger partial charge >= 0.3 is 6.18 Å². The molecule has 1 aliphatic rings. The number of carbonyl (C=O) groups is 3. The van der Waals surface area contributed by atoms with Crippen LogP contribution in [0.5, 0.6) is 0 Å². The van der Waals surface area contributed by atoms with Crippen LogP contribution in [0.25, 0.3) is 5.69 Å². The second-order valence-electron chi connectivity index (χ2n) is 9.01. The van der Waals surface area contributed by atoms with E-state index < -0.39 is 23.3 Å². The van der Waals surface area contributed by atoms with Crippen molar-refractivity contribution >= 4 is 17.6 Å². The lowest BCUT2D eigenvalue weighted by Gasteiger charge is -2.27. The molecule has 37 heavy (non-hydrogen) atoms. The molecule has 3 aromatic rings. The first-order valence-electron chi connectivity index (χ1n) is 12.1. The normalized spacial score (nSPS) is 17.7. The van der Waals surface area contributed by atoms with Gasteiger partial charge in [-0.3, -0.25) is 14.4 Å².